The fourth-order valence-electron chi connectivity index (χ4n) is 3.50. The van der Waals surface area contributed by atoms with Gasteiger partial charge in [0.15, 0.2) is 5.96 Å². The lowest BCUT2D eigenvalue weighted by Gasteiger charge is -2.29. The summed E-state index contributed by atoms with van der Waals surface area (Å²) in [5, 5.41) is 2.67. The molecule has 1 heterocycles. The smallest absolute Gasteiger partial charge is 0.243 e. The fraction of sp³-hybridized carbons (Fsp3) is 0.789. The van der Waals surface area contributed by atoms with E-state index < -0.39 is 40.0 Å². The van der Waals surface area contributed by atoms with Crippen molar-refractivity contribution in [1.29, 1.82) is 0 Å². The first-order valence-corrected chi connectivity index (χ1v) is 12.6. The Morgan fingerprint density at radius 3 is 2.53 bits per heavy atom. The number of nitrogens with one attached hydrogen (secondary N) is 2. The lowest BCUT2D eigenvalue weighted by Crippen LogP contribution is -2.54. The van der Waals surface area contributed by atoms with E-state index in [0.717, 1.165) is 0 Å². The quantitative estimate of drug-likeness (QED) is 0.0785. The number of aliphatic imine (C=N–C) groups is 1. The highest BCUT2D eigenvalue weighted by Crippen LogP contribution is 2.20. The lowest BCUT2D eigenvalue weighted by molar-refractivity contribution is -0.140. The predicted octanol–water partition coefficient (Wildman–Crippen LogP) is -1.85. The minimum absolute atomic E-state index is 0.0449. The van der Waals surface area contributed by atoms with E-state index in [1.165, 1.54) is 11.8 Å². The highest BCUT2D eigenvalue weighted by atomic mass is 32.2. The minimum atomic E-state index is -3.61. The monoisotopic (exact) mass is 475 g/mol. The zero-order valence-corrected chi connectivity index (χ0v) is 19.5. The van der Waals surface area contributed by atoms with Gasteiger partial charge in [-0.25, -0.2) is 13.1 Å². The topological polar surface area (TPSA) is 203 Å². The van der Waals surface area contributed by atoms with Gasteiger partial charge >= 0.3 is 0 Å². The van der Waals surface area contributed by atoms with Crippen molar-refractivity contribution in [3.8, 4) is 0 Å². The van der Waals surface area contributed by atoms with E-state index in [1.807, 2.05) is 0 Å². The van der Waals surface area contributed by atoms with Crippen LogP contribution in [0.5, 0.6) is 0 Å². The average molecular weight is 476 g/mol. The second-order valence-corrected chi connectivity index (χ2v) is 9.79. The third-order valence-corrected chi connectivity index (χ3v) is 6.65. The Hall–Kier alpha value is -2.25. The third-order valence-electron chi connectivity index (χ3n) is 5.24. The second-order valence-electron chi connectivity index (χ2n) is 7.75. The van der Waals surface area contributed by atoms with Crippen LogP contribution < -0.4 is 27.2 Å². The molecule has 1 saturated heterocycles. The standard InChI is InChI=1S/C19H37N7O5S/c1-2-32(30,31)25-15(8-3-4-10-20)18(29)26-12-6-9-16(26)17(28)24-14(13-27)7-5-11-23-19(21)22/h13-16,25H,2-12,20H2,1H3,(H,24,28)(H4,21,22,23)/t14-,15+,16-/m0/s1. The maximum atomic E-state index is 13.2. The van der Waals surface area contributed by atoms with Crippen LogP contribution in [0.3, 0.4) is 0 Å². The molecule has 32 heavy (non-hydrogen) atoms. The van der Waals surface area contributed by atoms with E-state index in [-0.39, 0.29) is 11.7 Å². The summed E-state index contributed by atoms with van der Waals surface area (Å²) in [6.45, 7) is 2.60. The van der Waals surface area contributed by atoms with Crippen LogP contribution in [-0.2, 0) is 24.4 Å². The van der Waals surface area contributed by atoms with E-state index in [0.29, 0.717) is 70.9 Å². The number of carbonyl (C=O) groups excluding carboxylic acids is 3. The maximum absolute atomic E-state index is 13.2. The number of nitrogens with two attached hydrogens (primary N) is 3. The molecule has 0 saturated carbocycles. The number of hydrogen-bond donors (Lipinski definition) is 5. The van der Waals surface area contributed by atoms with E-state index in [2.05, 4.69) is 15.0 Å². The number of rotatable bonds is 15. The number of aldehydes is 1. The van der Waals surface area contributed by atoms with E-state index in [9.17, 15) is 22.8 Å². The Labute approximate surface area is 189 Å². The van der Waals surface area contributed by atoms with Gasteiger partial charge in [-0.3, -0.25) is 14.6 Å². The van der Waals surface area contributed by atoms with Crippen LogP contribution in [0.2, 0.25) is 0 Å². The van der Waals surface area contributed by atoms with Gasteiger partial charge in [0.2, 0.25) is 21.8 Å². The first-order chi connectivity index (χ1) is 15.1. The van der Waals surface area contributed by atoms with Crippen molar-refractivity contribution in [3.05, 3.63) is 0 Å². The van der Waals surface area contributed by atoms with Gasteiger partial charge in [0.1, 0.15) is 18.4 Å². The molecule has 8 N–H and O–H groups in total. The molecule has 12 nitrogen and oxygen atoms in total. The van der Waals surface area contributed by atoms with Crippen LogP contribution in [-0.4, -0.2) is 80.9 Å². The summed E-state index contributed by atoms with van der Waals surface area (Å²) in [7, 11) is -3.61. The van der Waals surface area contributed by atoms with Crippen molar-refractivity contribution in [2.24, 2.45) is 22.2 Å². The summed E-state index contributed by atoms with van der Waals surface area (Å²) in [6.07, 6.45) is 4.06. The molecule has 0 aliphatic carbocycles. The van der Waals surface area contributed by atoms with E-state index in [4.69, 9.17) is 17.2 Å². The van der Waals surface area contributed by atoms with Crippen LogP contribution in [0, 0.1) is 0 Å². The van der Waals surface area contributed by atoms with Gasteiger partial charge in [-0.15, -0.1) is 0 Å². The number of likely N-dealkylation sites (tertiary alicyclic amines) is 1. The van der Waals surface area contributed by atoms with Gasteiger partial charge in [-0.05, 0) is 52.0 Å². The third kappa shape index (κ3) is 9.49. The molecule has 1 aliphatic rings. The van der Waals surface area contributed by atoms with Crippen LogP contribution >= 0.6 is 0 Å². The summed E-state index contributed by atoms with van der Waals surface area (Å²) in [5.74, 6) is -1.07. The Morgan fingerprint density at radius 2 is 1.94 bits per heavy atom. The molecule has 1 aliphatic heterocycles. The molecule has 0 aromatic carbocycles. The number of amides is 2. The first-order valence-electron chi connectivity index (χ1n) is 11.0. The average Bonchev–Trinajstić information content (AvgIpc) is 3.24. The molecule has 184 valence electrons. The first kappa shape index (κ1) is 27.8. The van der Waals surface area contributed by atoms with Crippen LogP contribution in [0.25, 0.3) is 0 Å². The van der Waals surface area contributed by atoms with E-state index >= 15 is 0 Å². The highest BCUT2D eigenvalue weighted by molar-refractivity contribution is 7.89. The zero-order chi connectivity index (χ0) is 24.1. The number of carbonyl (C=O) groups is 3. The molecule has 0 radical (unpaired) electrons. The van der Waals surface area contributed by atoms with Crippen molar-refractivity contribution in [3.63, 3.8) is 0 Å². The molecular formula is C19H37N7O5S. The maximum Gasteiger partial charge on any atom is 0.243 e. The van der Waals surface area contributed by atoms with E-state index in [1.54, 1.807) is 0 Å². The molecule has 0 aromatic heterocycles. The van der Waals surface area contributed by atoms with Gasteiger partial charge in [0.25, 0.3) is 0 Å². The van der Waals surface area contributed by atoms with Gasteiger partial charge in [0, 0.05) is 13.1 Å². The fourth-order valence-corrected chi connectivity index (χ4v) is 4.32. The molecule has 13 heteroatoms. The molecule has 0 bridgehead atoms. The van der Waals surface area contributed by atoms with Crippen molar-refractivity contribution in [2.75, 3.05) is 25.4 Å². The van der Waals surface area contributed by atoms with Crippen molar-refractivity contribution >= 4 is 34.1 Å². The Bertz CT molecular complexity index is 755. The molecule has 0 aromatic rings. The lowest BCUT2D eigenvalue weighted by atomic mass is 10.1. The molecule has 1 rings (SSSR count). The van der Waals surface area contributed by atoms with Gasteiger partial charge in [0.05, 0.1) is 11.8 Å². The summed E-state index contributed by atoms with van der Waals surface area (Å²) in [6, 6.07) is -2.44. The van der Waals surface area contributed by atoms with Gasteiger partial charge in [-0.1, -0.05) is 6.42 Å². The number of hydrogen-bond acceptors (Lipinski definition) is 7. The SMILES string of the molecule is CCS(=O)(=O)N[C@H](CCCCN)C(=O)N1CCC[C@H]1C(=O)N[C@H](C=O)CCCN=C(N)N. The number of sulfonamides is 1. The van der Waals surface area contributed by atoms with Crippen LogP contribution in [0.4, 0.5) is 0 Å². The second kappa shape index (κ2) is 14.0. The number of guanidine groups is 1. The molecule has 0 unspecified atom stereocenters. The zero-order valence-electron chi connectivity index (χ0n) is 18.7. The van der Waals surface area contributed by atoms with Crippen molar-refractivity contribution < 1.29 is 22.8 Å². The number of nitrogens with zero attached hydrogens (tertiary/aromatic N) is 2. The number of unbranched alkanes of at least 4 members (excludes halogenated alkanes) is 1. The van der Waals surface area contributed by atoms with Crippen LogP contribution in [0.1, 0.15) is 51.9 Å². The molecular weight excluding hydrogens is 438 g/mol. The predicted molar refractivity (Wildman–Crippen MR) is 122 cm³/mol. The summed E-state index contributed by atoms with van der Waals surface area (Å²) in [5.41, 5.74) is 16.0. The Kier molecular flexibility index (Phi) is 12.2. The summed E-state index contributed by atoms with van der Waals surface area (Å²) < 4.78 is 26.6. The minimum Gasteiger partial charge on any atom is -0.370 e. The molecule has 2 amide bonds. The van der Waals surface area contributed by atoms with Crippen molar-refractivity contribution in [2.45, 2.75) is 70.0 Å². The van der Waals surface area contributed by atoms with Gasteiger partial charge in [-0.2, -0.15) is 0 Å². The largest absolute Gasteiger partial charge is 0.370 e. The molecule has 3 atom stereocenters. The normalized spacial score (nSPS) is 18.1. The highest BCUT2D eigenvalue weighted by Gasteiger charge is 2.38. The summed E-state index contributed by atoms with van der Waals surface area (Å²) >= 11 is 0. The Morgan fingerprint density at radius 1 is 1.22 bits per heavy atom. The summed E-state index contributed by atoms with van der Waals surface area (Å²) in [4.78, 5) is 42.6. The molecule has 1 fully saturated rings. The van der Waals surface area contributed by atoms with Crippen LogP contribution in [0.15, 0.2) is 4.99 Å². The van der Waals surface area contributed by atoms with Gasteiger partial charge < -0.3 is 32.2 Å². The Balaban J connectivity index is 2.81. The van der Waals surface area contributed by atoms with Crippen molar-refractivity contribution in [1.82, 2.24) is 14.9 Å². The molecule has 0 spiro atoms.